The van der Waals surface area contributed by atoms with E-state index in [0.717, 1.165) is 29.8 Å². The highest BCUT2D eigenvalue weighted by atomic mass is 19.4. The first kappa shape index (κ1) is 37.6. The number of anilines is 2. The van der Waals surface area contributed by atoms with Gasteiger partial charge in [-0.05, 0) is 96.7 Å². The minimum absolute atomic E-state index is 0.00221. The van der Waals surface area contributed by atoms with Crippen LogP contribution in [0.1, 0.15) is 67.7 Å². The molecule has 1 aromatic heterocycles. The van der Waals surface area contributed by atoms with E-state index in [9.17, 15) is 44.3 Å². The number of ether oxygens (including phenoxy) is 1. The summed E-state index contributed by atoms with van der Waals surface area (Å²) in [6, 6.07) is 4.80. The Hall–Kier alpha value is -4.25. The van der Waals surface area contributed by atoms with E-state index >= 15 is 0 Å². The van der Waals surface area contributed by atoms with Crippen LogP contribution in [0.2, 0.25) is 0 Å². The minimum atomic E-state index is -5.10. The normalized spacial score (nSPS) is 17.2. The number of carboxylic acids is 1. The van der Waals surface area contributed by atoms with Crippen LogP contribution in [-0.2, 0) is 37.3 Å². The number of nitrogens with zero attached hydrogens (tertiary/aromatic N) is 6. The fourth-order valence-corrected chi connectivity index (χ4v) is 6.09. The number of aryl methyl sites for hydroxylation is 1. The van der Waals surface area contributed by atoms with Crippen molar-refractivity contribution in [1.82, 2.24) is 20.2 Å². The van der Waals surface area contributed by atoms with Crippen LogP contribution in [0.3, 0.4) is 0 Å². The van der Waals surface area contributed by atoms with Gasteiger partial charge in [0.1, 0.15) is 5.75 Å². The van der Waals surface area contributed by atoms with Crippen molar-refractivity contribution in [2.24, 2.45) is 18.9 Å². The third kappa shape index (κ3) is 10.9. The molecule has 2 aromatic carbocycles. The van der Waals surface area contributed by atoms with Gasteiger partial charge in [0.2, 0.25) is 0 Å². The lowest BCUT2D eigenvalue weighted by molar-refractivity contribution is -0.274. The summed E-state index contributed by atoms with van der Waals surface area (Å²) in [5.74, 6) is -1.46. The Labute approximate surface area is 275 Å². The molecule has 1 fully saturated rings. The van der Waals surface area contributed by atoms with Gasteiger partial charge in [-0.1, -0.05) is 12.0 Å². The van der Waals surface area contributed by atoms with Gasteiger partial charge in [-0.15, -0.1) is 18.3 Å². The summed E-state index contributed by atoms with van der Waals surface area (Å²) in [5.41, 5.74) is -2.78. The highest BCUT2D eigenvalue weighted by Crippen LogP contribution is 2.38. The lowest BCUT2D eigenvalue weighted by atomic mass is 9.80. The van der Waals surface area contributed by atoms with Crippen molar-refractivity contribution in [1.29, 1.82) is 0 Å². The van der Waals surface area contributed by atoms with Gasteiger partial charge in [-0.3, -0.25) is 4.79 Å². The summed E-state index contributed by atoms with van der Waals surface area (Å²) in [4.78, 5) is 15.4. The molecule has 1 heterocycles. The van der Waals surface area contributed by atoms with Crippen LogP contribution in [0.5, 0.6) is 5.75 Å². The quantitative estimate of drug-likeness (QED) is 0.179. The third-order valence-corrected chi connectivity index (χ3v) is 8.19. The molecular formula is C31H35F9N6O3. The molecule has 1 saturated carbocycles. The largest absolute Gasteiger partial charge is 0.573 e. The van der Waals surface area contributed by atoms with Crippen molar-refractivity contribution in [3.05, 3.63) is 58.7 Å². The van der Waals surface area contributed by atoms with Gasteiger partial charge in [0.05, 0.1) is 18.2 Å². The van der Waals surface area contributed by atoms with E-state index in [4.69, 9.17) is 5.11 Å². The monoisotopic (exact) mass is 710 g/mol. The molecule has 18 heteroatoms. The molecule has 0 spiro atoms. The van der Waals surface area contributed by atoms with Gasteiger partial charge in [-0.25, -0.2) is 0 Å². The van der Waals surface area contributed by atoms with Gasteiger partial charge in [0, 0.05) is 38.3 Å². The third-order valence-electron chi connectivity index (χ3n) is 8.19. The van der Waals surface area contributed by atoms with E-state index in [1.165, 1.54) is 18.0 Å². The molecule has 0 bridgehead atoms. The van der Waals surface area contributed by atoms with Crippen molar-refractivity contribution in [3.8, 4) is 5.75 Å². The molecule has 9 nitrogen and oxygen atoms in total. The topological polar surface area (TPSA) is 96.6 Å². The summed E-state index contributed by atoms with van der Waals surface area (Å²) >= 11 is 0. The second-order valence-electron chi connectivity index (χ2n) is 12.1. The maximum Gasteiger partial charge on any atom is 0.573 e. The van der Waals surface area contributed by atoms with Crippen molar-refractivity contribution in [2.45, 2.75) is 77.3 Å². The van der Waals surface area contributed by atoms with Crippen molar-refractivity contribution >= 4 is 17.6 Å². The Bertz CT molecular complexity index is 1540. The molecule has 49 heavy (non-hydrogen) atoms. The van der Waals surface area contributed by atoms with E-state index in [0.29, 0.717) is 50.2 Å². The zero-order chi connectivity index (χ0) is 36.1. The predicted molar refractivity (Wildman–Crippen MR) is 158 cm³/mol. The summed E-state index contributed by atoms with van der Waals surface area (Å²) in [5, 5.41) is 20.8. The second kappa shape index (κ2) is 15.1. The molecule has 0 amide bonds. The van der Waals surface area contributed by atoms with Crippen LogP contribution in [-0.4, -0.2) is 50.7 Å². The van der Waals surface area contributed by atoms with Crippen LogP contribution in [0.4, 0.5) is 51.1 Å². The number of alkyl halides is 9. The second-order valence-corrected chi connectivity index (χ2v) is 12.1. The number of rotatable bonds is 13. The zero-order valence-electron chi connectivity index (χ0n) is 26.5. The first-order chi connectivity index (χ1) is 22.8. The van der Waals surface area contributed by atoms with Crippen LogP contribution < -0.4 is 14.5 Å². The highest BCUT2D eigenvalue weighted by molar-refractivity contribution is 5.67. The van der Waals surface area contributed by atoms with Gasteiger partial charge in [0.25, 0.3) is 5.95 Å². The van der Waals surface area contributed by atoms with E-state index in [1.54, 1.807) is 0 Å². The van der Waals surface area contributed by atoms with Crippen LogP contribution >= 0.6 is 0 Å². The van der Waals surface area contributed by atoms with Crippen LogP contribution in [0.15, 0.2) is 36.4 Å². The Morgan fingerprint density at radius 1 is 0.898 bits per heavy atom. The van der Waals surface area contributed by atoms with Gasteiger partial charge in [0.15, 0.2) is 0 Å². The van der Waals surface area contributed by atoms with Crippen molar-refractivity contribution < 1.29 is 54.2 Å². The SMILES string of the molecule is CCCN(C[C@H]1CC[C@H](CC(=O)O)CC1)c1ccc(OC(F)(F)F)cc1CN(Cc1cc(C(F)(F)F)cc(C(F)(F)F)c1)c1nnn(C)n1. The number of aromatic nitrogens is 4. The molecule has 1 aliphatic rings. The molecule has 1 aliphatic carbocycles. The maximum atomic E-state index is 13.7. The Morgan fingerprint density at radius 2 is 1.51 bits per heavy atom. The van der Waals surface area contributed by atoms with E-state index in [1.807, 2.05) is 11.8 Å². The average Bonchev–Trinajstić information content (AvgIpc) is 3.42. The number of aliphatic carboxylic acids is 1. The number of hydrogen-bond donors (Lipinski definition) is 1. The van der Waals surface area contributed by atoms with Crippen molar-refractivity contribution in [2.75, 3.05) is 22.9 Å². The standard InChI is InChI=1S/C31H35F9N6O3/c1-3-10-45(16-20-6-4-19(5-7-20)13-27(47)48)26-9-8-25(49-31(38,39)40)14-22(26)18-46(28-41-43-44(2)42-28)17-21-11-23(29(32,33)34)15-24(12-21)30(35,36)37/h8-9,11-12,14-15,19-20H,3-7,10,13,16-18H2,1-2H3,(H,47,48)/t19-,20-. The predicted octanol–water partition coefficient (Wildman–Crippen LogP) is 7.85. The summed E-state index contributed by atoms with van der Waals surface area (Å²) in [7, 11) is 1.39. The molecule has 0 unspecified atom stereocenters. The number of benzene rings is 2. The highest BCUT2D eigenvalue weighted by Gasteiger charge is 2.37. The number of carbonyl (C=O) groups is 1. The first-order valence-electron chi connectivity index (χ1n) is 15.4. The molecule has 3 aromatic rings. The van der Waals surface area contributed by atoms with Gasteiger partial charge in [-0.2, -0.15) is 31.1 Å². The lowest BCUT2D eigenvalue weighted by Gasteiger charge is -2.35. The smallest absolute Gasteiger partial charge is 0.481 e. The summed E-state index contributed by atoms with van der Waals surface area (Å²) < 4.78 is 126. The van der Waals surface area contributed by atoms with E-state index in [-0.39, 0.29) is 42.4 Å². The Morgan fingerprint density at radius 3 is 2.02 bits per heavy atom. The van der Waals surface area contributed by atoms with E-state index < -0.39 is 53.7 Å². The molecule has 0 radical (unpaired) electrons. The zero-order valence-corrected chi connectivity index (χ0v) is 26.5. The molecule has 270 valence electrons. The van der Waals surface area contributed by atoms with Gasteiger partial charge < -0.3 is 19.6 Å². The van der Waals surface area contributed by atoms with E-state index in [2.05, 4.69) is 20.1 Å². The fourth-order valence-electron chi connectivity index (χ4n) is 6.09. The Kier molecular flexibility index (Phi) is 11.6. The lowest BCUT2D eigenvalue weighted by Crippen LogP contribution is -2.34. The molecular weight excluding hydrogens is 675 g/mol. The molecule has 1 N–H and O–H groups in total. The van der Waals surface area contributed by atoms with Crippen LogP contribution in [0, 0.1) is 11.8 Å². The summed E-state index contributed by atoms with van der Waals surface area (Å²) in [6.45, 7) is 1.90. The average molecular weight is 711 g/mol. The van der Waals surface area contributed by atoms with Crippen molar-refractivity contribution in [3.63, 3.8) is 0 Å². The molecule has 0 saturated heterocycles. The molecule has 0 atom stereocenters. The number of hydrogen-bond acceptors (Lipinski definition) is 7. The molecule has 0 aliphatic heterocycles. The maximum absolute atomic E-state index is 13.7. The number of tetrazole rings is 1. The van der Waals surface area contributed by atoms with Gasteiger partial charge >= 0.3 is 24.7 Å². The summed E-state index contributed by atoms with van der Waals surface area (Å²) in [6.07, 6.45) is -11.7. The first-order valence-corrected chi connectivity index (χ1v) is 15.4. The fraction of sp³-hybridized carbons (Fsp3) is 0.548. The number of halogens is 9. The Balaban J connectivity index is 1.74. The minimum Gasteiger partial charge on any atom is -0.481 e. The number of carboxylic acid groups (broad SMARTS) is 1. The molecule has 4 rings (SSSR count). The van der Waals surface area contributed by atoms with Crippen LogP contribution in [0.25, 0.3) is 0 Å².